The molecule has 6 nitrogen and oxygen atoms in total. The Kier molecular flexibility index (Phi) is 5.76. The first kappa shape index (κ1) is 20.0. The fourth-order valence-corrected chi connectivity index (χ4v) is 3.85. The highest BCUT2D eigenvalue weighted by molar-refractivity contribution is 7.92. The second kappa shape index (κ2) is 8.08. The predicted molar refractivity (Wildman–Crippen MR) is 108 cm³/mol. The number of furan rings is 1. The summed E-state index contributed by atoms with van der Waals surface area (Å²) in [6.07, 6.45) is 0. The van der Waals surface area contributed by atoms with Crippen LogP contribution < -0.4 is 4.72 Å². The number of nitrogens with one attached hydrogen (secondary N) is 1. The summed E-state index contributed by atoms with van der Waals surface area (Å²) >= 11 is 5.82. The molecule has 0 saturated carbocycles. The molecule has 1 amide bonds. The van der Waals surface area contributed by atoms with Crippen LogP contribution in [-0.2, 0) is 16.6 Å². The van der Waals surface area contributed by atoms with E-state index >= 15 is 0 Å². The Morgan fingerprint density at radius 3 is 2.46 bits per heavy atom. The molecule has 3 aromatic rings. The number of rotatable bonds is 6. The van der Waals surface area contributed by atoms with Crippen molar-refractivity contribution in [2.24, 2.45) is 0 Å². The Bertz CT molecular complexity index is 1090. The minimum atomic E-state index is -3.85. The molecule has 28 heavy (non-hydrogen) atoms. The van der Waals surface area contributed by atoms with Crippen molar-refractivity contribution < 1.29 is 17.6 Å². The molecular weight excluding hydrogens is 400 g/mol. The van der Waals surface area contributed by atoms with Gasteiger partial charge in [-0.3, -0.25) is 9.52 Å². The molecule has 0 fully saturated rings. The van der Waals surface area contributed by atoms with E-state index in [-0.39, 0.29) is 22.9 Å². The first-order valence-corrected chi connectivity index (χ1v) is 10.3. The molecule has 0 aliphatic rings. The van der Waals surface area contributed by atoms with Gasteiger partial charge in [-0.15, -0.1) is 0 Å². The normalized spacial score (nSPS) is 11.2. The first-order chi connectivity index (χ1) is 13.2. The standard InChI is InChI=1S/C20H19ClN2O4S/c1-14-6-11-18(27-14)13-23(2)20(24)15-4-3-5-19(12-15)28(25,26)22-17-9-7-16(21)8-10-17/h3-12,22H,13H2,1-2H3. The van der Waals surface area contributed by atoms with Gasteiger partial charge in [0, 0.05) is 23.3 Å². The summed E-state index contributed by atoms with van der Waals surface area (Å²) in [6, 6.07) is 15.8. The Balaban J connectivity index is 1.78. The lowest BCUT2D eigenvalue weighted by atomic mass is 10.2. The number of carbonyl (C=O) groups is 1. The molecule has 1 N–H and O–H groups in total. The number of anilines is 1. The third kappa shape index (κ3) is 4.74. The van der Waals surface area contributed by atoms with Gasteiger partial charge in [-0.2, -0.15) is 0 Å². The minimum Gasteiger partial charge on any atom is -0.464 e. The van der Waals surface area contributed by atoms with Crippen molar-refractivity contribution in [1.29, 1.82) is 0 Å². The van der Waals surface area contributed by atoms with E-state index in [1.165, 1.54) is 23.1 Å². The van der Waals surface area contributed by atoms with E-state index in [1.807, 2.05) is 13.0 Å². The van der Waals surface area contributed by atoms with Gasteiger partial charge in [-0.25, -0.2) is 8.42 Å². The Morgan fingerprint density at radius 2 is 1.82 bits per heavy atom. The Hall–Kier alpha value is -2.77. The van der Waals surface area contributed by atoms with Gasteiger partial charge >= 0.3 is 0 Å². The maximum absolute atomic E-state index is 12.7. The molecule has 0 bridgehead atoms. The maximum atomic E-state index is 12.7. The summed E-state index contributed by atoms with van der Waals surface area (Å²) in [5.41, 5.74) is 0.649. The van der Waals surface area contributed by atoms with Crippen molar-refractivity contribution in [1.82, 2.24) is 4.90 Å². The molecule has 0 radical (unpaired) electrons. The van der Waals surface area contributed by atoms with Gasteiger partial charge in [-0.1, -0.05) is 17.7 Å². The molecule has 8 heteroatoms. The van der Waals surface area contributed by atoms with Gasteiger partial charge in [0.05, 0.1) is 11.4 Å². The second-order valence-electron chi connectivity index (χ2n) is 6.31. The van der Waals surface area contributed by atoms with Crippen LogP contribution in [0.25, 0.3) is 0 Å². The van der Waals surface area contributed by atoms with Crippen molar-refractivity contribution in [2.45, 2.75) is 18.4 Å². The number of nitrogens with zero attached hydrogens (tertiary/aromatic N) is 1. The van der Waals surface area contributed by atoms with Crippen LogP contribution in [0.3, 0.4) is 0 Å². The lowest BCUT2D eigenvalue weighted by Crippen LogP contribution is -2.26. The quantitative estimate of drug-likeness (QED) is 0.646. The van der Waals surface area contributed by atoms with Crippen molar-refractivity contribution >= 4 is 33.2 Å². The number of hydrogen-bond acceptors (Lipinski definition) is 4. The van der Waals surface area contributed by atoms with Gasteiger partial charge in [-0.05, 0) is 61.5 Å². The van der Waals surface area contributed by atoms with Crippen LogP contribution in [0.15, 0.2) is 70.0 Å². The number of halogens is 1. The summed E-state index contributed by atoms with van der Waals surface area (Å²) in [5.74, 6) is 1.11. The van der Waals surface area contributed by atoms with Crippen LogP contribution in [-0.4, -0.2) is 26.3 Å². The third-order valence-corrected chi connectivity index (χ3v) is 5.65. The van der Waals surface area contributed by atoms with Gasteiger partial charge in [0.25, 0.3) is 15.9 Å². The zero-order valence-corrected chi connectivity index (χ0v) is 16.9. The molecule has 1 aromatic heterocycles. The lowest BCUT2D eigenvalue weighted by molar-refractivity contribution is 0.0774. The molecule has 0 unspecified atom stereocenters. The van der Waals surface area contributed by atoms with Crippen LogP contribution in [0.4, 0.5) is 5.69 Å². The smallest absolute Gasteiger partial charge is 0.261 e. The fraction of sp³-hybridized carbons (Fsp3) is 0.150. The summed E-state index contributed by atoms with van der Waals surface area (Å²) in [4.78, 5) is 14.1. The highest BCUT2D eigenvalue weighted by atomic mass is 35.5. The summed E-state index contributed by atoms with van der Waals surface area (Å²) in [6.45, 7) is 2.11. The molecule has 2 aromatic carbocycles. The summed E-state index contributed by atoms with van der Waals surface area (Å²) in [5, 5.41) is 0.505. The monoisotopic (exact) mass is 418 g/mol. The van der Waals surface area contributed by atoms with Crippen molar-refractivity contribution in [3.05, 3.63) is 82.8 Å². The SMILES string of the molecule is Cc1ccc(CN(C)C(=O)c2cccc(S(=O)(=O)Nc3ccc(Cl)cc3)c2)o1. The third-order valence-electron chi connectivity index (χ3n) is 4.02. The number of amides is 1. The Labute approximate surface area is 168 Å². The van der Waals surface area contributed by atoms with Crippen LogP contribution in [0.2, 0.25) is 5.02 Å². The lowest BCUT2D eigenvalue weighted by Gasteiger charge is -2.16. The second-order valence-corrected chi connectivity index (χ2v) is 8.43. The highest BCUT2D eigenvalue weighted by Gasteiger charge is 2.19. The van der Waals surface area contributed by atoms with Gasteiger partial charge in [0.1, 0.15) is 11.5 Å². The molecular formula is C20H19ClN2O4S. The number of hydrogen-bond donors (Lipinski definition) is 1. The molecule has 1 heterocycles. The molecule has 0 atom stereocenters. The number of carbonyl (C=O) groups excluding carboxylic acids is 1. The minimum absolute atomic E-state index is 0.00413. The van der Waals surface area contributed by atoms with E-state index in [1.54, 1.807) is 43.4 Å². The summed E-state index contributed by atoms with van der Waals surface area (Å²) < 4.78 is 33.2. The maximum Gasteiger partial charge on any atom is 0.261 e. The predicted octanol–water partition coefficient (Wildman–Crippen LogP) is 4.31. The van der Waals surface area contributed by atoms with Gasteiger partial charge in [0.2, 0.25) is 0 Å². The van der Waals surface area contributed by atoms with Gasteiger partial charge in [0.15, 0.2) is 0 Å². The zero-order chi connectivity index (χ0) is 20.3. The van der Waals surface area contributed by atoms with Gasteiger partial charge < -0.3 is 9.32 Å². The molecule has 0 aliphatic carbocycles. The molecule has 0 saturated heterocycles. The van der Waals surface area contributed by atoms with E-state index in [0.29, 0.717) is 16.5 Å². The molecule has 0 spiro atoms. The van der Waals surface area contributed by atoms with Crippen LogP contribution in [0, 0.1) is 6.92 Å². The fourth-order valence-electron chi connectivity index (χ4n) is 2.62. The molecule has 0 aliphatic heterocycles. The Morgan fingerprint density at radius 1 is 1.11 bits per heavy atom. The van der Waals surface area contributed by atoms with E-state index in [0.717, 1.165) is 5.76 Å². The van der Waals surface area contributed by atoms with Crippen LogP contribution in [0.1, 0.15) is 21.9 Å². The van der Waals surface area contributed by atoms with Crippen molar-refractivity contribution in [3.8, 4) is 0 Å². The van der Waals surface area contributed by atoms with E-state index in [9.17, 15) is 13.2 Å². The summed E-state index contributed by atoms with van der Waals surface area (Å²) in [7, 11) is -2.21. The van der Waals surface area contributed by atoms with Crippen molar-refractivity contribution in [3.63, 3.8) is 0 Å². The largest absolute Gasteiger partial charge is 0.464 e. The highest BCUT2D eigenvalue weighted by Crippen LogP contribution is 2.20. The van der Waals surface area contributed by atoms with E-state index in [2.05, 4.69) is 4.72 Å². The van der Waals surface area contributed by atoms with Crippen LogP contribution in [0.5, 0.6) is 0 Å². The van der Waals surface area contributed by atoms with E-state index in [4.69, 9.17) is 16.0 Å². The first-order valence-electron chi connectivity index (χ1n) is 8.44. The number of aryl methyl sites for hydroxylation is 1. The van der Waals surface area contributed by atoms with Crippen molar-refractivity contribution in [2.75, 3.05) is 11.8 Å². The number of sulfonamides is 1. The topological polar surface area (TPSA) is 79.6 Å². The van der Waals surface area contributed by atoms with Crippen LogP contribution >= 0.6 is 11.6 Å². The number of benzene rings is 2. The average Bonchev–Trinajstić information content (AvgIpc) is 3.07. The molecule has 3 rings (SSSR count). The molecule has 146 valence electrons. The zero-order valence-electron chi connectivity index (χ0n) is 15.3. The average molecular weight is 419 g/mol. The van der Waals surface area contributed by atoms with E-state index < -0.39 is 10.0 Å².